The van der Waals surface area contributed by atoms with Crippen molar-refractivity contribution in [2.45, 2.75) is 63.0 Å². The van der Waals surface area contributed by atoms with Gasteiger partial charge in [-0.1, -0.05) is 12.1 Å². The van der Waals surface area contributed by atoms with Crippen LogP contribution < -0.4 is 10.2 Å². The summed E-state index contributed by atoms with van der Waals surface area (Å²) in [6.45, 7) is 4.63. The second kappa shape index (κ2) is 6.08. The Morgan fingerprint density at radius 2 is 1.94 bits per heavy atom. The van der Waals surface area contributed by atoms with Gasteiger partial charge >= 0.3 is 0 Å². The highest BCUT2D eigenvalue weighted by Crippen LogP contribution is 2.78. The van der Waals surface area contributed by atoms with Crippen LogP contribution in [0.15, 0.2) is 30.5 Å². The molecule has 2 aliphatic heterocycles. The Kier molecular flexibility index (Phi) is 3.62. The van der Waals surface area contributed by atoms with Gasteiger partial charge in [0.1, 0.15) is 5.82 Å². The molecule has 5 fully saturated rings. The molecule has 3 saturated carbocycles. The molecular formula is C26H29N7O. The zero-order valence-electron chi connectivity index (χ0n) is 19.8. The Bertz CT molecular complexity index is 1390. The first-order chi connectivity index (χ1) is 16.2. The van der Waals surface area contributed by atoms with E-state index in [2.05, 4.69) is 39.6 Å². The molecule has 0 amide bonds. The highest BCUT2D eigenvalue weighted by Gasteiger charge is 2.75. The number of nitrogens with zero attached hydrogens (tertiary/aromatic N) is 6. The highest BCUT2D eigenvalue weighted by atomic mass is 16.3. The molecule has 174 valence electrons. The number of hydrogen-bond donors (Lipinski definition) is 2. The standard InChI is InChI=1S/C26H29N7O/c1-23(2,34)25-10-18(11-25)32(15-25)20-9-21(31-22(28-3)30-20)33-19-8-17(5-4-16(19)12-29-33)26(14-27)13-24(26)6-7-24/h4-5,8-9,12,18,34H,6-7,10-11,13,15H2,1-3H3,(H,28,30,31)/t18?,25?,26-/m0/s1. The van der Waals surface area contributed by atoms with E-state index in [0.717, 1.165) is 60.9 Å². The number of nitrogens with one attached hydrogen (secondary N) is 1. The minimum absolute atomic E-state index is 0.0788. The highest BCUT2D eigenvalue weighted by molar-refractivity contribution is 5.82. The van der Waals surface area contributed by atoms with Gasteiger partial charge in [-0.3, -0.25) is 0 Å². The molecule has 3 aromatic rings. The lowest BCUT2D eigenvalue weighted by Crippen LogP contribution is -2.50. The van der Waals surface area contributed by atoms with Crippen LogP contribution in [0.25, 0.3) is 16.7 Å². The second-order valence-corrected chi connectivity index (χ2v) is 11.5. The van der Waals surface area contributed by atoms with Gasteiger partial charge in [0.2, 0.25) is 5.95 Å². The molecule has 4 heterocycles. The van der Waals surface area contributed by atoms with E-state index in [1.54, 1.807) is 0 Å². The quantitative estimate of drug-likeness (QED) is 0.606. The maximum absolute atomic E-state index is 10.8. The van der Waals surface area contributed by atoms with Crippen LogP contribution in [0.1, 0.15) is 51.5 Å². The fraction of sp³-hybridized carbons (Fsp3) is 0.538. The predicted molar refractivity (Wildman–Crippen MR) is 129 cm³/mol. The van der Waals surface area contributed by atoms with Gasteiger partial charge in [-0.2, -0.15) is 20.3 Å². The van der Waals surface area contributed by atoms with Crippen molar-refractivity contribution in [3.8, 4) is 11.9 Å². The first kappa shape index (κ1) is 20.2. The summed E-state index contributed by atoms with van der Waals surface area (Å²) < 4.78 is 1.87. The minimum Gasteiger partial charge on any atom is -0.390 e. The van der Waals surface area contributed by atoms with Crippen LogP contribution in [-0.4, -0.2) is 50.1 Å². The van der Waals surface area contributed by atoms with Crippen molar-refractivity contribution in [2.75, 3.05) is 23.8 Å². The lowest BCUT2D eigenvalue weighted by molar-refractivity contribution is -0.0754. The molecule has 8 heteroatoms. The summed E-state index contributed by atoms with van der Waals surface area (Å²) in [4.78, 5) is 11.8. The van der Waals surface area contributed by atoms with Crippen molar-refractivity contribution in [3.05, 3.63) is 36.0 Å². The van der Waals surface area contributed by atoms with E-state index in [9.17, 15) is 10.4 Å². The number of fused-ring (bicyclic) bond motifs is 2. The molecule has 0 unspecified atom stereocenters. The van der Waals surface area contributed by atoms with Crippen LogP contribution in [0.5, 0.6) is 0 Å². The van der Waals surface area contributed by atoms with Crippen molar-refractivity contribution in [2.24, 2.45) is 10.8 Å². The van der Waals surface area contributed by atoms with Crippen molar-refractivity contribution >= 4 is 22.7 Å². The number of aromatic nitrogens is 4. The van der Waals surface area contributed by atoms with E-state index < -0.39 is 5.60 Å². The minimum atomic E-state index is -0.715. The molecule has 1 atom stereocenters. The molecule has 8 nitrogen and oxygen atoms in total. The van der Waals surface area contributed by atoms with Gasteiger partial charge in [-0.05, 0) is 63.0 Å². The molecular weight excluding hydrogens is 426 g/mol. The molecule has 3 aliphatic carbocycles. The Labute approximate surface area is 198 Å². The number of anilines is 2. The van der Waals surface area contributed by atoms with Gasteiger partial charge in [0.25, 0.3) is 0 Å². The predicted octanol–water partition coefficient (Wildman–Crippen LogP) is 3.54. The summed E-state index contributed by atoms with van der Waals surface area (Å²) in [6, 6.07) is 11.3. The molecule has 2 bridgehead atoms. The molecule has 5 aliphatic rings. The maximum Gasteiger partial charge on any atom is 0.226 e. The molecule has 8 rings (SSSR count). The largest absolute Gasteiger partial charge is 0.390 e. The van der Waals surface area contributed by atoms with Crippen molar-refractivity contribution < 1.29 is 5.11 Å². The fourth-order valence-electron chi connectivity index (χ4n) is 6.71. The van der Waals surface area contributed by atoms with Crippen LogP contribution in [0, 0.1) is 22.2 Å². The summed E-state index contributed by atoms with van der Waals surface area (Å²) in [5.74, 6) is 2.10. The van der Waals surface area contributed by atoms with Crippen LogP contribution in [0.3, 0.4) is 0 Å². The van der Waals surface area contributed by atoms with E-state index in [4.69, 9.17) is 9.97 Å². The molecule has 2 N–H and O–H groups in total. The lowest BCUT2D eigenvalue weighted by atomic mass is 9.61. The van der Waals surface area contributed by atoms with Gasteiger partial charge in [0, 0.05) is 36.5 Å². The van der Waals surface area contributed by atoms with Crippen LogP contribution in [0.4, 0.5) is 11.8 Å². The smallest absolute Gasteiger partial charge is 0.226 e. The van der Waals surface area contributed by atoms with Crippen LogP contribution in [0.2, 0.25) is 0 Å². The summed E-state index contributed by atoms with van der Waals surface area (Å²) >= 11 is 0. The lowest BCUT2D eigenvalue weighted by Gasteiger charge is -2.45. The van der Waals surface area contributed by atoms with E-state index >= 15 is 0 Å². The fourth-order valence-corrected chi connectivity index (χ4v) is 6.71. The number of nitriles is 1. The van der Waals surface area contributed by atoms with Crippen LogP contribution in [-0.2, 0) is 5.41 Å². The summed E-state index contributed by atoms with van der Waals surface area (Å²) in [6.07, 6.45) is 7.10. The van der Waals surface area contributed by atoms with Crippen LogP contribution >= 0.6 is 0 Å². The topological polar surface area (TPSA) is 103 Å². The number of benzene rings is 1. The third-order valence-corrected chi connectivity index (χ3v) is 9.39. The monoisotopic (exact) mass is 455 g/mol. The third kappa shape index (κ3) is 2.43. The Hall–Kier alpha value is -3.18. The van der Waals surface area contributed by atoms with E-state index in [0.29, 0.717) is 17.8 Å². The molecule has 34 heavy (non-hydrogen) atoms. The molecule has 2 saturated heterocycles. The Balaban J connectivity index is 1.30. The van der Waals surface area contributed by atoms with Gasteiger partial charge in [-0.15, -0.1) is 0 Å². The Morgan fingerprint density at radius 1 is 1.18 bits per heavy atom. The van der Waals surface area contributed by atoms with E-state index in [1.165, 1.54) is 0 Å². The van der Waals surface area contributed by atoms with Gasteiger partial charge in [0.15, 0.2) is 5.82 Å². The summed E-state index contributed by atoms with van der Waals surface area (Å²) in [7, 11) is 1.82. The zero-order chi connectivity index (χ0) is 23.5. The first-order valence-corrected chi connectivity index (χ1v) is 12.2. The average Bonchev–Trinajstić information content (AvgIpc) is 3.49. The van der Waals surface area contributed by atoms with E-state index in [-0.39, 0.29) is 16.2 Å². The molecule has 2 aromatic heterocycles. The first-order valence-electron chi connectivity index (χ1n) is 12.2. The molecule has 1 spiro atoms. The van der Waals surface area contributed by atoms with E-state index in [1.807, 2.05) is 37.8 Å². The number of hydrogen-bond acceptors (Lipinski definition) is 7. The zero-order valence-corrected chi connectivity index (χ0v) is 19.8. The Morgan fingerprint density at radius 3 is 2.56 bits per heavy atom. The normalized spacial score (nSPS) is 30.3. The number of aliphatic hydroxyl groups is 1. The molecule has 0 radical (unpaired) electrons. The van der Waals surface area contributed by atoms with Crippen molar-refractivity contribution in [1.29, 1.82) is 5.26 Å². The van der Waals surface area contributed by atoms with Gasteiger partial charge in [0.05, 0.1) is 28.8 Å². The summed E-state index contributed by atoms with van der Waals surface area (Å²) in [5.41, 5.74) is 1.13. The second-order valence-electron chi connectivity index (χ2n) is 11.5. The average molecular weight is 456 g/mol. The van der Waals surface area contributed by atoms with Crippen molar-refractivity contribution in [1.82, 2.24) is 19.7 Å². The van der Waals surface area contributed by atoms with Crippen molar-refractivity contribution in [3.63, 3.8) is 0 Å². The van der Waals surface area contributed by atoms with Gasteiger partial charge < -0.3 is 15.3 Å². The maximum atomic E-state index is 10.8. The SMILES string of the molecule is CNc1nc(N2CC3(C(C)(C)O)CC2C3)cc(-n2ncc3ccc([C@@]4(C#N)CC45CC5)cc32)n1. The third-order valence-electron chi connectivity index (χ3n) is 9.39. The van der Waals surface area contributed by atoms with Gasteiger partial charge in [-0.25, -0.2) is 4.68 Å². The molecule has 1 aromatic carbocycles. The summed E-state index contributed by atoms with van der Waals surface area (Å²) in [5, 5.41) is 29.6. The number of rotatable bonds is 5.